The van der Waals surface area contributed by atoms with Crippen molar-refractivity contribution in [2.75, 3.05) is 20.1 Å². The van der Waals surface area contributed by atoms with Gasteiger partial charge in [0, 0.05) is 30.3 Å². The van der Waals surface area contributed by atoms with E-state index in [1.807, 2.05) is 72.6 Å². The minimum absolute atomic E-state index is 0.100. The third-order valence-electron chi connectivity index (χ3n) is 5.08. The van der Waals surface area contributed by atoms with Crippen molar-refractivity contribution in [1.82, 2.24) is 15.2 Å². The summed E-state index contributed by atoms with van der Waals surface area (Å²) in [7, 11) is 1.99. The maximum absolute atomic E-state index is 13.3. The summed E-state index contributed by atoms with van der Waals surface area (Å²) in [6, 6.07) is 20.6. The van der Waals surface area contributed by atoms with Gasteiger partial charge in [-0.3, -0.25) is 4.79 Å². The van der Waals surface area contributed by atoms with Crippen LogP contribution in [0.15, 0.2) is 60.7 Å². The normalized spacial score (nSPS) is 15.1. The number of aromatic nitrogens is 1. The van der Waals surface area contributed by atoms with E-state index in [9.17, 15) is 4.79 Å². The zero-order valence-corrected chi connectivity index (χ0v) is 16.2. The van der Waals surface area contributed by atoms with E-state index in [4.69, 9.17) is 4.98 Å². The summed E-state index contributed by atoms with van der Waals surface area (Å²) in [6.45, 7) is 1.58. The summed E-state index contributed by atoms with van der Waals surface area (Å²) in [6.07, 6.45) is 1.99. The number of likely N-dealkylation sites (tertiary alicyclic amines) is 1. The second-order valence-electron chi connectivity index (χ2n) is 6.78. The second-order valence-corrected chi connectivity index (χ2v) is 7.78. The van der Waals surface area contributed by atoms with Crippen LogP contribution in [0.25, 0.3) is 21.8 Å². The van der Waals surface area contributed by atoms with Gasteiger partial charge in [-0.15, -0.1) is 11.3 Å². The monoisotopic (exact) mass is 377 g/mol. The first-order valence-electron chi connectivity index (χ1n) is 9.34. The molecule has 2 heterocycles. The molecule has 3 aromatic rings. The Morgan fingerprint density at radius 3 is 2.19 bits per heavy atom. The molecule has 1 N–H and O–H groups in total. The molecule has 1 amide bonds. The van der Waals surface area contributed by atoms with Crippen molar-refractivity contribution < 1.29 is 4.79 Å². The molecule has 1 aliphatic rings. The van der Waals surface area contributed by atoms with E-state index in [2.05, 4.69) is 5.32 Å². The SMILES string of the molecule is CNC1CCN(C(=O)c2sc(-c3ccccc3)nc2-c2ccccc2)CC1. The molecule has 4 rings (SSSR count). The summed E-state index contributed by atoms with van der Waals surface area (Å²) in [4.78, 5) is 20.9. The van der Waals surface area contributed by atoms with Crippen molar-refractivity contribution in [3.8, 4) is 21.8 Å². The van der Waals surface area contributed by atoms with Gasteiger partial charge in [-0.2, -0.15) is 0 Å². The van der Waals surface area contributed by atoms with E-state index >= 15 is 0 Å². The van der Waals surface area contributed by atoms with E-state index in [0.717, 1.165) is 52.6 Å². The van der Waals surface area contributed by atoms with Crippen molar-refractivity contribution in [3.05, 3.63) is 65.5 Å². The third kappa shape index (κ3) is 3.80. The summed E-state index contributed by atoms with van der Waals surface area (Å²) >= 11 is 1.50. The average molecular weight is 378 g/mol. The molecule has 1 aliphatic heterocycles. The van der Waals surface area contributed by atoms with Crippen LogP contribution in [-0.2, 0) is 0 Å². The first kappa shape index (κ1) is 17.9. The minimum Gasteiger partial charge on any atom is -0.338 e. The fourth-order valence-electron chi connectivity index (χ4n) is 3.48. The highest BCUT2D eigenvalue weighted by Gasteiger charge is 2.27. The van der Waals surface area contributed by atoms with Gasteiger partial charge in [-0.25, -0.2) is 4.98 Å². The van der Waals surface area contributed by atoms with E-state index < -0.39 is 0 Å². The van der Waals surface area contributed by atoms with Crippen LogP contribution >= 0.6 is 11.3 Å². The van der Waals surface area contributed by atoms with Gasteiger partial charge in [-0.05, 0) is 19.9 Å². The number of piperidine rings is 1. The number of hydrogen-bond donors (Lipinski definition) is 1. The number of hydrogen-bond acceptors (Lipinski definition) is 4. The molecule has 0 atom stereocenters. The summed E-state index contributed by atoms with van der Waals surface area (Å²) < 4.78 is 0. The standard InChI is InChI=1S/C22H23N3OS/c1-23-18-12-14-25(15-13-18)22(26)20-19(16-8-4-2-5-9-16)24-21(27-20)17-10-6-3-7-11-17/h2-11,18,23H,12-15H2,1H3. The second kappa shape index (κ2) is 8.03. The lowest BCUT2D eigenvalue weighted by atomic mass is 10.0. The fourth-order valence-corrected chi connectivity index (χ4v) is 4.54. The predicted octanol–water partition coefficient (Wildman–Crippen LogP) is 4.30. The van der Waals surface area contributed by atoms with Gasteiger partial charge < -0.3 is 10.2 Å². The first-order valence-corrected chi connectivity index (χ1v) is 10.2. The van der Waals surface area contributed by atoms with Crippen molar-refractivity contribution >= 4 is 17.2 Å². The van der Waals surface area contributed by atoms with Crippen LogP contribution in [-0.4, -0.2) is 42.0 Å². The molecule has 4 nitrogen and oxygen atoms in total. The van der Waals surface area contributed by atoms with Crippen LogP contribution in [0, 0.1) is 0 Å². The number of rotatable bonds is 4. The molecule has 0 spiro atoms. The van der Waals surface area contributed by atoms with Crippen LogP contribution in [0.2, 0.25) is 0 Å². The molecule has 0 aliphatic carbocycles. The van der Waals surface area contributed by atoms with Crippen molar-refractivity contribution in [3.63, 3.8) is 0 Å². The molecule has 0 saturated carbocycles. The summed E-state index contributed by atoms with van der Waals surface area (Å²) in [5.74, 6) is 0.100. The lowest BCUT2D eigenvalue weighted by molar-refractivity contribution is 0.0713. The lowest BCUT2D eigenvalue weighted by Gasteiger charge is -2.31. The van der Waals surface area contributed by atoms with Crippen LogP contribution in [0.5, 0.6) is 0 Å². The van der Waals surface area contributed by atoms with Gasteiger partial charge in [0.05, 0.1) is 5.69 Å². The Morgan fingerprint density at radius 1 is 1.00 bits per heavy atom. The Morgan fingerprint density at radius 2 is 1.59 bits per heavy atom. The molecular weight excluding hydrogens is 354 g/mol. The number of nitrogens with zero attached hydrogens (tertiary/aromatic N) is 2. The molecule has 0 bridgehead atoms. The number of amides is 1. The Balaban J connectivity index is 1.70. The van der Waals surface area contributed by atoms with Gasteiger partial charge >= 0.3 is 0 Å². The number of benzene rings is 2. The molecule has 0 unspecified atom stereocenters. The molecule has 0 radical (unpaired) electrons. The van der Waals surface area contributed by atoms with Crippen LogP contribution in [0.3, 0.4) is 0 Å². The van der Waals surface area contributed by atoms with E-state index in [0.29, 0.717) is 6.04 Å². The van der Waals surface area contributed by atoms with Gasteiger partial charge in [0.2, 0.25) is 0 Å². The predicted molar refractivity (Wildman–Crippen MR) is 111 cm³/mol. The van der Waals surface area contributed by atoms with Crippen molar-refractivity contribution in [2.45, 2.75) is 18.9 Å². The summed E-state index contributed by atoms with van der Waals surface area (Å²) in [5.41, 5.74) is 2.83. The Bertz CT molecular complexity index is 900. The molecule has 1 saturated heterocycles. The van der Waals surface area contributed by atoms with Crippen LogP contribution in [0.4, 0.5) is 0 Å². The van der Waals surface area contributed by atoms with E-state index in [1.165, 1.54) is 11.3 Å². The number of nitrogens with one attached hydrogen (secondary N) is 1. The molecule has 2 aromatic carbocycles. The number of thiazole rings is 1. The highest BCUT2D eigenvalue weighted by atomic mass is 32.1. The maximum Gasteiger partial charge on any atom is 0.266 e. The Labute approximate surface area is 163 Å². The Hall–Kier alpha value is -2.50. The molecule has 1 aromatic heterocycles. The molecule has 27 heavy (non-hydrogen) atoms. The fraction of sp³-hybridized carbons (Fsp3) is 0.273. The lowest BCUT2D eigenvalue weighted by Crippen LogP contribution is -2.43. The van der Waals surface area contributed by atoms with Gasteiger partial charge in [0.1, 0.15) is 9.88 Å². The van der Waals surface area contributed by atoms with Gasteiger partial charge in [0.15, 0.2) is 0 Å². The largest absolute Gasteiger partial charge is 0.338 e. The maximum atomic E-state index is 13.3. The van der Waals surface area contributed by atoms with Gasteiger partial charge in [0.25, 0.3) is 5.91 Å². The smallest absolute Gasteiger partial charge is 0.266 e. The van der Waals surface area contributed by atoms with Gasteiger partial charge in [-0.1, -0.05) is 60.7 Å². The molecule has 5 heteroatoms. The molecular formula is C22H23N3OS. The zero-order chi connectivity index (χ0) is 18.6. The van der Waals surface area contributed by atoms with Crippen LogP contribution in [0.1, 0.15) is 22.5 Å². The topological polar surface area (TPSA) is 45.2 Å². The van der Waals surface area contributed by atoms with Crippen molar-refractivity contribution in [2.24, 2.45) is 0 Å². The first-order chi connectivity index (χ1) is 13.3. The van der Waals surface area contributed by atoms with E-state index in [-0.39, 0.29) is 5.91 Å². The average Bonchev–Trinajstić information content (AvgIpc) is 3.20. The number of carbonyl (C=O) groups is 1. The molecule has 138 valence electrons. The quantitative estimate of drug-likeness (QED) is 0.737. The highest BCUT2D eigenvalue weighted by Crippen LogP contribution is 2.35. The number of carbonyl (C=O) groups excluding carboxylic acids is 1. The third-order valence-corrected chi connectivity index (χ3v) is 6.17. The Kier molecular flexibility index (Phi) is 5.32. The minimum atomic E-state index is 0.100. The highest BCUT2D eigenvalue weighted by molar-refractivity contribution is 7.17. The van der Waals surface area contributed by atoms with E-state index in [1.54, 1.807) is 0 Å². The van der Waals surface area contributed by atoms with Crippen LogP contribution < -0.4 is 5.32 Å². The summed E-state index contributed by atoms with van der Waals surface area (Å²) in [5, 5.41) is 4.21. The molecule has 1 fully saturated rings. The van der Waals surface area contributed by atoms with Crippen molar-refractivity contribution in [1.29, 1.82) is 0 Å². The zero-order valence-electron chi connectivity index (χ0n) is 15.4.